The molecule has 0 bridgehead atoms. The van der Waals surface area contributed by atoms with Crippen LogP contribution in [-0.2, 0) is 9.53 Å². The van der Waals surface area contributed by atoms with E-state index in [2.05, 4.69) is 10.3 Å². The van der Waals surface area contributed by atoms with Crippen molar-refractivity contribution >= 4 is 11.8 Å². The third-order valence-electron chi connectivity index (χ3n) is 2.12. The zero-order chi connectivity index (χ0) is 12.7. The molecule has 0 spiro atoms. The topological polar surface area (TPSA) is 95.2 Å². The molecule has 1 unspecified atom stereocenters. The minimum Gasteiger partial charge on any atom is -0.480 e. The summed E-state index contributed by atoms with van der Waals surface area (Å²) in [6.07, 6.45) is 1.78. The van der Waals surface area contributed by atoms with Gasteiger partial charge in [-0.15, -0.1) is 0 Å². The highest BCUT2D eigenvalue weighted by molar-refractivity contribution is 5.76. The molecule has 0 aromatic carbocycles. The van der Waals surface area contributed by atoms with Gasteiger partial charge in [0, 0.05) is 26.3 Å². The molecule has 1 heterocycles. The van der Waals surface area contributed by atoms with Gasteiger partial charge in [0.1, 0.15) is 11.9 Å². The molecule has 0 aliphatic heterocycles. The van der Waals surface area contributed by atoms with Crippen molar-refractivity contribution in [1.29, 1.82) is 5.26 Å². The molecule has 1 rings (SSSR count). The monoisotopic (exact) mass is 235 g/mol. The lowest BCUT2D eigenvalue weighted by Crippen LogP contribution is -2.30. The number of rotatable bonds is 6. The van der Waals surface area contributed by atoms with Gasteiger partial charge in [0.05, 0.1) is 11.6 Å². The summed E-state index contributed by atoms with van der Waals surface area (Å²) in [5.74, 6) is -0.612. The fourth-order valence-corrected chi connectivity index (χ4v) is 1.25. The van der Waals surface area contributed by atoms with Crippen LogP contribution in [0.5, 0.6) is 0 Å². The minimum atomic E-state index is -0.980. The molecular formula is C11H13N3O3. The summed E-state index contributed by atoms with van der Waals surface area (Å²) in [6.45, 7) is 0.335. The summed E-state index contributed by atoms with van der Waals surface area (Å²) in [6, 6.07) is 4.23. The maximum absolute atomic E-state index is 11.0. The van der Waals surface area contributed by atoms with E-state index in [1.165, 1.54) is 19.4 Å². The number of nitriles is 1. The third kappa shape index (κ3) is 4.09. The number of nitrogens with one attached hydrogen (secondary N) is 1. The zero-order valence-corrected chi connectivity index (χ0v) is 9.38. The Morgan fingerprint density at radius 1 is 1.76 bits per heavy atom. The first-order chi connectivity index (χ1) is 8.17. The van der Waals surface area contributed by atoms with Crippen molar-refractivity contribution in [3.8, 4) is 6.07 Å². The van der Waals surface area contributed by atoms with Crippen LogP contribution in [-0.4, -0.2) is 35.8 Å². The van der Waals surface area contributed by atoms with E-state index >= 15 is 0 Å². The Balaban J connectivity index is 2.72. The molecule has 1 atom stereocenters. The number of aromatic nitrogens is 1. The molecule has 0 fully saturated rings. The van der Waals surface area contributed by atoms with Crippen molar-refractivity contribution in [3.05, 3.63) is 23.9 Å². The molecule has 1 aromatic rings. The van der Waals surface area contributed by atoms with Crippen molar-refractivity contribution in [3.63, 3.8) is 0 Å². The van der Waals surface area contributed by atoms with Crippen LogP contribution >= 0.6 is 0 Å². The van der Waals surface area contributed by atoms with Gasteiger partial charge >= 0.3 is 5.97 Å². The van der Waals surface area contributed by atoms with E-state index in [0.29, 0.717) is 24.4 Å². The van der Waals surface area contributed by atoms with Crippen LogP contribution in [0.4, 0.5) is 5.82 Å². The maximum atomic E-state index is 11.0. The number of hydrogen-bond donors (Lipinski definition) is 2. The number of anilines is 1. The Morgan fingerprint density at radius 2 is 2.53 bits per heavy atom. The standard InChI is InChI=1S/C11H13N3O3/c1-17-5-3-9(11(15)16)14-10-6-8(7-12)2-4-13-10/h2,4,6,9H,3,5H2,1H3,(H,13,14)(H,15,16). The number of hydrogen-bond acceptors (Lipinski definition) is 5. The number of ether oxygens (including phenoxy) is 1. The van der Waals surface area contributed by atoms with Crippen LogP contribution in [0.15, 0.2) is 18.3 Å². The normalized spacial score (nSPS) is 11.5. The summed E-state index contributed by atoms with van der Waals surface area (Å²) >= 11 is 0. The summed E-state index contributed by atoms with van der Waals surface area (Å²) in [5, 5.41) is 20.4. The molecule has 1 aromatic heterocycles. The largest absolute Gasteiger partial charge is 0.480 e. The van der Waals surface area contributed by atoms with Gasteiger partial charge in [-0.1, -0.05) is 0 Å². The van der Waals surface area contributed by atoms with Gasteiger partial charge in [0.2, 0.25) is 0 Å². The number of pyridine rings is 1. The molecule has 0 amide bonds. The third-order valence-corrected chi connectivity index (χ3v) is 2.12. The fourth-order valence-electron chi connectivity index (χ4n) is 1.25. The van der Waals surface area contributed by atoms with Gasteiger partial charge in [-0.2, -0.15) is 5.26 Å². The van der Waals surface area contributed by atoms with Crippen molar-refractivity contribution in [2.24, 2.45) is 0 Å². The van der Waals surface area contributed by atoms with E-state index < -0.39 is 12.0 Å². The first-order valence-electron chi connectivity index (χ1n) is 5.02. The van der Waals surface area contributed by atoms with Gasteiger partial charge in [0.25, 0.3) is 0 Å². The highest BCUT2D eigenvalue weighted by Gasteiger charge is 2.17. The molecule has 0 aliphatic carbocycles. The summed E-state index contributed by atoms with van der Waals surface area (Å²) in [5.41, 5.74) is 0.429. The van der Waals surface area contributed by atoms with Gasteiger partial charge in [-0.05, 0) is 12.1 Å². The fraction of sp³-hybridized carbons (Fsp3) is 0.364. The van der Waals surface area contributed by atoms with Gasteiger partial charge in [-0.3, -0.25) is 0 Å². The Bertz CT molecular complexity index is 428. The van der Waals surface area contributed by atoms with Gasteiger partial charge < -0.3 is 15.2 Å². The van der Waals surface area contributed by atoms with Crippen molar-refractivity contribution in [2.45, 2.75) is 12.5 Å². The van der Waals surface area contributed by atoms with E-state index in [1.807, 2.05) is 6.07 Å². The van der Waals surface area contributed by atoms with E-state index in [9.17, 15) is 4.79 Å². The summed E-state index contributed by atoms with van der Waals surface area (Å²) in [7, 11) is 1.51. The summed E-state index contributed by atoms with van der Waals surface area (Å²) in [4.78, 5) is 14.9. The molecule has 0 radical (unpaired) electrons. The lowest BCUT2D eigenvalue weighted by Gasteiger charge is -2.14. The molecule has 6 nitrogen and oxygen atoms in total. The molecule has 6 heteroatoms. The number of aliphatic carboxylic acids is 1. The smallest absolute Gasteiger partial charge is 0.326 e. The number of carbonyl (C=O) groups is 1. The lowest BCUT2D eigenvalue weighted by molar-refractivity contribution is -0.138. The molecule has 0 saturated heterocycles. The van der Waals surface area contributed by atoms with E-state index in [-0.39, 0.29) is 0 Å². The van der Waals surface area contributed by atoms with E-state index in [1.54, 1.807) is 6.07 Å². The summed E-state index contributed by atoms with van der Waals surface area (Å²) < 4.78 is 4.83. The highest BCUT2D eigenvalue weighted by Crippen LogP contribution is 2.09. The van der Waals surface area contributed by atoms with E-state index in [0.717, 1.165) is 0 Å². The lowest BCUT2D eigenvalue weighted by atomic mass is 10.2. The Kier molecular flexibility index (Phi) is 4.91. The van der Waals surface area contributed by atoms with Crippen LogP contribution in [0.2, 0.25) is 0 Å². The van der Waals surface area contributed by atoms with Gasteiger partial charge in [0.15, 0.2) is 0 Å². The molecule has 2 N–H and O–H groups in total. The highest BCUT2D eigenvalue weighted by atomic mass is 16.5. The number of carboxylic acids is 1. The second-order valence-corrected chi connectivity index (χ2v) is 3.36. The van der Waals surface area contributed by atoms with Crippen LogP contribution in [0.1, 0.15) is 12.0 Å². The minimum absolute atomic E-state index is 0.324. The number of carboxylic acid groups (broad SMARTS) is 1. The molecule has 90 valence electrons. The average molecular weight is 235 g/mol. The Labute approximate surface area is 98.9 Å². The zero-order valence-electron chi connectivity index (χ0n) is 9.38. The second-order valence-electron chi connectivity index (χ2n) is 3.36. The number of methoxy groups -OCH3 is 1. The molecule has 17 heavy (non-hydrogen) atoms. The van der Waals surface area contributed by atoms with Crippen LogP contribution < -0.4 is 5.32 Å². The molecular weight excluding hydrogens is 222 g/mol. The predicted molar refractivity (Wildman–Crippen MR) is 60.5 cm³/mol. The second kappa shape index (κ2) is 6.45. The SMILES string of the molecule is COCCC(Nc1cc(C#N)ccn1)C(=O)O. The van der Waals surface area contributed by atoms with Crippen LogP contribution in [0.3, 0.4) is 0 Å². The molecule has 0 saturated carbocycles. The quantitative estimate of drug-likeness (QED) is 0.759. The van der Waals surface area contributed by atoms with Crippen molar-refractivity contribution in [2.75, 3.05) is 19.0 Å². The number of nitrogens with zero attached hydrogens (tertiary/aromatic N) is 2. The average Bonchev–Trinajstić information content (AvgIpc) is 2.34. The maximum Gasteiger partial charge on any atom is 0.326 e. The molecule has 0 aliphatic rings. The predicted octanol–water partition coefficient (Wildman–Crippen LogP) is 0.855. The van der Waals surface area contributed by atoms with Crippen LogP contribution in [0.25, 0.3) is 0 Å². The van der Waals surface area contributed by atoms with E-state index in [4.69, 9.17) is 15.1 Å². The first-order valence-corrected chi connectivity index (χ1v) is 5.02. The van der Waals surface area contributed by atoms with Crippen molar-refractivity contribution < 1.29 is 14.6 Å². The van der Waals surface area contributed by atoms with Gasteiger partial charge in [-0.25, -0.2) is 9.78 Å². The van der Waals surface area contributed by atoms with Crippen molar-refractivity contribution in [1.82, 2.24) is 4.98 Å². The first kappa shape index (κ1) is 12.9. The van der Waals surface area contributed by atoms with Crippen LogP contribution in [0, 0.1) is 11.3 Å². The Morgan fingerprint density at radius 3 is 3.12 bits per heavy atom. The Hall–Kier alpha value is -2.13.